The van der Waals surface area contributed by atoms with Crippen LogP contribution in [-0.4, -0.2) is 40.0 Å². The zero-order valence-corrected chi connectivity index (χ0v) is 17.8. The van der Waals surface area contributed by atoms with Gasteiger partial charge in [0.2, 0.25) is 0 Å². The fourth-order valence-electron chi connectivity index (χ4n) is 3.50. The lowest BCUT2D eigenvalue weighted by atomic mass is 10.1. The Hall–Kier alpha value is -4.42. The highest BCUT2D eigenvalue weighted by Crippen LogP contribution is 2.30. The van der Waals surface area contributed by atoms with E-state index < -0.39 is 29.4 Å². The molecule has 0 saturated heterocycles. The summed E-state index contributed by atoms with van der Waals surface area (Å²) in [6, 6.07) is 4.90. The van der Waals surface area contributed by atoms with Gasteiger partial charge in [0.1, 0.15) is 17.3 Å². The predicted molar refractivity (Wildman–Crippen MR) is 115 cm³/mol. The molecule has 0 atom stereocenters. The van der Waals surface area contributed by atoms with Crippen molar-refractivity contribution < 1.29 is 27.1 Å². The molecule has 13 heteroatoms. The summed E-state index contributed by atoms with van der Waals surface area (Å²) in [5.74, 6) is -4.69. The quantitative estimate of drug-likeness (QED) is 0.343. The van der Waals surface area contributed by atoms with Crippen molar-refractivity contribution in [3.63, 3.8) is 0 Å². The lowest BCUT2D eigenvalue weighted by Crippen LogP contribution is -2.28. The Morgan fingerprint density at radius 3 is 2.38 bits per heavy atom. The van der Waals surface area contributed by atoms with Crippen molar-refractivity contribution in [1.82, 2.24) is 19.7 Å². The smallest absolute Gasteiger partial charge is 0.413 e. The number of methoxy groups -OCH3 is 1. The molecule has 176 valence electrons. The van der Waals surface area contributed by atoms with Crippen LogP contribution < -0.4 is 16.4 Å². The summed E-state index contributed by atoms with van der Waals surface area (Å²) in [6.07, 6.45) is -1.12. The predicted octanol–water partition coefficient (Wildman–Crippen LogP) is 3.33. The summed E-state index contributed by atoms with van der Waals surface area (Å²) in [5, 5.41) is 4.52. The van der Waals surface area contributed by atoms with Crippen LogP contribution >= 0.6 is 0 Å². The molecule has 4 rings (SSSR count). The summed E-state index contributed by atoms with van der Waals surface area (Å²) in [6.45, 7) is 0. The number of ether oxygens (including phenoxy) is 1. The van der Waals surface area contributed by atoms with Gasteiger partial charge in [0, 0.05) is 24.9 Å². The molecular formula is C21H17F4N7O2. The van der Waals surface area contributed by atoms with Gasteiger partial charge in [0.25, 0.3) is 5.95 Å². The number of carbonyl (C=O) groups is 1. The van der Waals surface area contributed by atoms with Crippen molar-refractivity contribution in [2.24, 2.45) is 0 Å². The van der Waals surface area contributed by atoms with Crippen molar-refractivity contribution in [1.29, 1.82) is 0 Å². The number of rotatable bonds is 4. The van der Waals surface area contributed by atoms with E-state index in [0.29, 0.717) is 11.6 Å². The normalized spacial score (nSPS) is 11.1. The van der Waals surface area contributed by atoms with Gasteiger partial charge in [-0.05, 0) is 29.8 Å². The van der Waals surface area contributed by atoms with E-state index in [1.165, 1.54) is 24.9 Å². The highest BCUT2D eigenvalue weighted by Gasteiger charge is 2.23. The third-order valence-electron chi connectivity index (χ3n) is 5.04. The molecule has 0 saturated carbocycles. The highest BCUT2D eigenvalue weighted by atomic mass is 19.2. The Balaban J connectivity index is 1.86. The maximum Gasteiger partial charge on any atom is 0.413 e. The van der Waals surface area contributed by atoms with Gasteiger partial charge in [-0.1, -0.05) is 0 Å². The minimum atomic E-state index is -1.36. The average molecular weight is 475 g/mol. The number of amides is 1. The van der Waals surface area contributed by atoms with Crippen LogP contribution in [0, 0.1) is 23.3 Å². The Kier molecular flexibility index (Phi) is 5.69. The van der Waals surface area contributed by atoms with E-state index in [9.17, 15) is 22.4 Å². The molecule has 0 aliphatic heterocycles. The first-order chi connectivity index (χ1) is 16.1. The number of benzene rings is 2. The topological polar surface area (TPSA) is 125 Å². The van der Waals surface area contributed by atoms with Crippen LogP contribution in [0.4, 0.5) is 39.7 Å². The number of aromatic nitrogens is 4. The van der Waals surface area contributed by atoms with Gasteiger partial charge in [-0.25, -0.2) is 22.4 Å². The summed E-state index contributed by atoms with van der Waals surface area (Å²) in [7, 11) is 2.53. The first-order valence-electron chi connectivity index (χ1n) is 9.66. The van der Waals surface area contributed by atoms with E-state index in [1.807, 2.05) is 0 Å². The van der Waals surface area contributed by atoms with Crippen LogP contribution in [0.25, 0.3) is 16.9 Å². The van der Waals surface area contributed by atoms with Crippen molar-refractivity contribution in [2.45, 2.75) is 6.42 Å². The van der Waals surface area contributed by atoms with Crippen LogP contribution in [0.3, 0.4) is 0 Å². The average Bonchev–Trinajstić information content (AvgIpc) is 3.13. The number of hydrogen-bond donors (Lipinski definition) is 2. The summed E-state index contributed by atoms with van der Waals surface area (Å²) in [4.78, 5) is 21.1. The van der Waals surface area contributed by atoms with Crippen LogP contribution in [0.1, 0.15) is 11.3 Å². The first-order valence-corrected chi connectivity index (χ1v) is 9.66. The summed E-state index contributed by atoms with van der Waals surface area (Å²) >= 11 is 0. The summed E-state index contributed by atoms with van der Waals surface area (Å²) in [5.41, 5.74) is 12.0. The molecule has 0 aliphatic rings. The molecule has 0 spiro atoms. The molecule has 4 N–H and O–H groups in total. The minimum Gasteiger partial charge on any atom is -0.452 e. The van der Waals surface area contributed by atoms with Gasteiger partial charge in [0.15, 0.2) is 23.3 Å². The fourth-order valence-corrected chi connectivity index (χ4v) is 3.50. The molecule has 1 amide bonds. The van der Waals surface area contributed by atoms with E-state index in [-0.39, 0.29) is 46.3 Å². The maximum absolute atomic E-state index is 14.2. The Labute approximate surface area is 189 Å². The van der Waals surface area contributed by atoms with Crippen molar-refractivity contribution in [3.05, 3.63) is 64.9 Å². The second kappa shape index (κ2) is 8.50. The number of halogens is 4. The Morgan fingerprint density at radius 2 is 1.74 bits per heavy atom. The molecule has 0 bridgehead atoms. The molecule has 0 aliphatic carbocycles. The van der Waals surface area contributed by atoms with Crippen molar-refractivity contribution >= 4 is 34.3 Å². The van der Waals surface area contributed by atoms with E-state index in [2.05, 4.69) is 19.8 Å². The van der Waals surface area contributed by atoms with Crippen LogP contribution in [-0.2, 0) is 11.2 Å². The molecule has 2 heterocycles. The number of anilines is 3. The zero-order valence-electron chi connectivity index (χ0n) is 17.8. The maximum atomic E-state index is 14.2. The molecule has 34 heavy (non-hydrogen) atoms. The van der Waals surface area contributed by atoms with E-state index in [4.69, 9.17) is 11.5 Å². The van der Waals surface area contributed by atoms with Crippen LogP contribution in [0.2, 0.25) is 0 Å². The fraction of sp³-hybridized carbons (Fsp3) is 0.143. The van der Waals surface area contributed by atoms with Crippen molar-refractivity contribution in [2.75, 3.05) is 30.5 Å². The van der Waals surface area contributed by atoms with Crippen molar-refractivity contribution in [3.8, 4) is 5.95 Å². The number of fused-ring (bicyclic) bond motifs is 1. The van der Waals surface area contributed by atoms with Crippen LogP contribution in [0.5, 0.6) is 0 Å². The summed E-state index contributed by atoms with van der Waals surface area (Å²) < 4.78 is 61.4. The van der Waals surface area contributed by atoms with Gasteiger partial charge in [-0.15, -0.1) is 0 Å². The standard InChI is InChI=1S/C21H17F4N7O2/c1-31(21(33)34-2)17-18(26)28-20(29-19(17)27)32-15-4-3-10(22)7-12(15)14(30-32)6-9-5-11(23)8-13(24)16(9)25/h3-5,7-8H,6H2,1-2H3,(H4,26,27,28,29). The second-order valence-electron chi connectivity index (χ2n) is 7.23. The molecule has 9 nitrogen and oxygen atoms in total. The van der Waals surface area contributed by atoms with Gasteiger partial charge in [0.05, 0.1) is 18.3 Å². The molecule has 0 unspecified atom stereocenters. The molecule has 4 aromatic rings. The zero-order chi connectivity index (χ0) is 24.7. The lowest BCUT2D eigenvalue weighted by molar-refractivity contribution is 0.180. The first kappa shape index (κ1) is 22.8. The van der Waals surface area contributed by atoms with Gasteiger partial charge < -0.3 is 16.2 Å². The van der Waals surface area contributed by atoms with Gasteiger partial charge >= 0.3 is 6.09 Å². The molecule has 0 radical (unpaired) electrons. The van der Waals surface area contributed by atoms with E-state index >= 15 is 0 Å². The number of nitrogens with zero attached hydrogens (tertiary/aromatic N) is 5. The van der Waals surface area contributed by atoms with Gasteiger partial charge in [-0.2, -0.15) is 19.7 Å². The third kappa shape index (κ3) is 3.91. The number of carbonyl (C=O) groups excluding carboxylic acids is 1. The molecule has 0 fully saturated rings. The Bertz CT molecular complexity index is 1420. The minimum absolute atomic E-state index is 0.00404. The molecule has 2 aromatic heterocycles. The van der Waals surface area contributed by atoms with Gasteiger partial charge in [-0.3, -0.25) is 4.90 Å². The highest BCUT2D eigenvalue weighted by molar-refractivity contribution is 5.94. The largest absolute Gasteiger partial charge is 0.452 e. The lowest BCUT2D eigenvalue weighted by Gasteiger charge is -2.18. The molecule has 2 aromatic carbocycles. The number of nitrogen functional groups attached to an aromatic ring is 2. The second-order valence-corrected chi connectivity index (χ2v) is 7.23. The monoisotopic (exact) mass is 475 g/mol. The van der Waals surface area contributed by atoms with Crippen LogP contribution in [0.15, 0.2) is 30.3 Å². The number of nitrogens with two attached hydrogens (primary N) is 2. The van der Waals surface area contributed by atoms with E-state index in [1.54, 1.807) is 0 Å². The molecular weight excluding hydrogens is 458 g/mol. The Morgan fingerprint density at radius 1 is 1.06 bits per heavy atom. The number of hydrogen-bond acceptors (Lipinski definition) is 7. The SMILES string of the molecule is COC(=O)N(C)c1c(N)nc(-n2nc(Cc3cc(F)cc(F)c3F)c3cc(F)ccc32)nc1N. The van der Waals surface area contributed by atoms with E-state index in [0.717, 1.165) is 23.1 Å². The third-order valence-corrected chi connectivity index (χ3v) is 5.04.